The van der Waals surface area contributed by atoms with Gasteiger partial charge in [-0.2, -0.15) is 5.01 Å². The number of hydrazine groups is 1. The number of carbonyl (C=O) groups is 5. The summed E-state index contributed by atoms with van der Waals surface area (Å²) in [5.41, 5.74) is 0.166. The first-order valence-electron chi connectivity index (χ1n) is 12.4. The molecular weight excluding hydrogens is 575 g/mol. The number of hydrogen-bond donors (Lipinski definition) is 0. The highest BCUT2D eigenvalue weighted by Gasteiger charge is 2.53. The Labute approximate surface area is 243 Å². The van der Waals surface area contributed by atoms with Gasteiger partial charge in [0.2, 0.25) is 0 Å². The largest absolute Gasteiger partial charge is 0.422 e. The molecule has 1 saturated heterocycles. The van der Waals surface area contributed by atoms with Gasteiger partial charge in [-0.1, -0.05) is 48.3 Å². The maximum Gasteiger partial charge on any atom is 0.353 e. The van der Waals surface area contributed by atoms with E-state index >= 15 is 0 Å². The van der Waals surface area contributed by atoms with E-state index in [2.05, 4.69) is 0 Å². The number of esters is 1. The van der Waals surface area contributed by atoms with E-state index in [0.717, 1.165) is 10.0 Å². The van der Waals surface area contributed by atoms with Crippen molar-refractivity contribution in [2.45, 2.75) is 13.3 Å². The monoisotopic (exact) mass is 596 g/mol. The maximum absolute atomic E-state index is 13.7. The van der Waals surface area contributed by atoms with E-state index in [-0.39, 0.29) is 27.8 Å². The first kappa shape index (κ1) is 27.8. The molecule has 8 nitrogen and oxygen atoms in total. The summed E-state index contributed by atoms with van der Waals surface area (Å²) in [6.07, 6.45) is 4.08. The second-order valence-electron chi connectivity index (χ2n) is 9.44. The molecule has 0 unspecified atom stereocenters. The van der Waals surface area contributed by atoms with E-state index in [0.29, 0.717) is 16.3 Å². The van der Waals surface area contributed by atoms with E-state index in [1.807, 2.05) is 19.1 Å². The van der Waals surface area contributed by atoms with Crippen molar-refractivity contribution in [2.24, 2.45) is 17.8 Å². The van der Waals surface area contributed by atoms with Crippen molar-refractivity contribution in [3.05, 3.63) is 98.2 Å². The van der Waals surface area contributed by atoms with Gasteiger partial charge < -0.3 is 4.74 Å². The molecular formula is C29H22Cl2N2O6S. The summed E-state index contributed by atoms with van der Waals surface area (Å²) in [6.45, 7) is 1.23. The molecule has 3 aromatic rings. The first-order valence-corrected chi connectivity index (χ1v) is 14.0. The van der Waals surface area contributed by atoms with E-state index in [4.69, 9.17) is 27.9 Å². The van der Waals surface area contributed by atoms with Gasteiger partial charge in [0.25, 0.3) is 17.7 Å². The molecule has 1 aromatic heterocycles. The predicted octanol–water partition coefficient (Wildman–Crippen LogP) is 5.71. The average molecular weight is 597 g/mol. The van der Waals surface area contributed by atoms with Crippen molar-refractivity contribution < 1.29 is 28.7 Å². The first-order chi connectivity index (χ1) is 19.2. The number of ketones is 1. The maximum atomic E-state index is 13.7. The number of halogens is 2. The third-order valence-corrected chi connectivity index (χ3v) is 8.29. The van der Waals surface area contributed by atoms with E-state index in [1.54, 1.807) is 17.5 Å². The van der Waals surface area contributed by atoms with Crippen molar-refractivity contribution in [2.75, 3.05) is 6.54 Å². The highest BCUT2D eigenvalue weighted by Crippen LogP contribution is 2.39. The van der Waals surface area contributed by atoms with Gasteiger partial charge in [-0.3, -0.25) is 19.2 Å². The molecule has 3 amide bonds. The number of allylic oxidation sites excluding steroid dienone is 2. The van der Waals surface area contributed by atoms with Crippen molar-refractivity contribution in [1.29, 1.82) is 0 Å². The Kier molecular flexibility index (Phi) is 7.89. The minimum atomic E-state index is -0.794. The van der Waals surface area contributed by atoms with Crippen LogP contribution in [-0.4, -0.2) is 46.0 Å². The van der Waals surface area contributed by atoms with Crippen molar-refractivity contribution >= 4 is 64.0 Å². The number of ether oxygens (including phenoxy) is 1. The van der Waals surface area contributed by atoms with Crippen LogP contribution in [0, 0.1) is 17.8 Å². The minimum Gasteiger partial charge on any atom is -0.422 e. The van der Waals surface area contributed by atoms with Crippen LogP contribution in [0.5, 0.6) is 5.75 Å². The molecule has 1 fully saturated rings. The van der Waals surface area contributed by atoms with Crippen LogP contribution >= 0.6 is 34.5 Å². The lowest BCUT2D eigenvalue weighted by Gasteiger charge is -2.30. The van der Waals surface area contributed by atoms with Crippen LogP contribution in [0.25, 0.3) is 0 Å². The number of benzene rings is 2. The molecule has 2 heterocycles. The van der Waals surface area contributed by atoms with Gasteiger partial charge in [0, 0.05) is 10.6 Å². The van der Waals surface area contributed by atoms with Gasteiger partial charge in [-0.25, -0.2) is 9.80 Å². The molecule has 2 aliphatic rings. The number of thiophene rings is 1. The molecule has 11 heteroatoms. The standard InChI is InChI=1S/C29H22Cl2N2O6S/c1-16-4-2-5-21-25(16)28(37)33(27(21)36)32(26(35)20-12-9-18(30)14-22(20)31)15-23(34)17-7-10-19(11-8-17)39-29(38)24-6-3-13-40-24/h2-4,6-14,16,21,25H,5,15H2,1H3/t16-,21-,25-/m1/s1. The smallest absolute Gasteiger partial charge is 0.353 e. The van der Waals surface area contributed by atoms with E-state index in [9.17, 15) is 24.0 Å². The molecule has 0 N–H and O–H groups in total. The number of rotatable bonds is 7. The van der Waals surface area contributed by atoms with Gasteiger partial charge in [0.15, 0.2) is 5.78 Å². The molecule has 0 radical (unpaired) electrons. The lowest BCUT2D eigenvalue weighted by molar-refractivity contribution is -0.154. The third kappa shape index (κ3) is 5.32. The van der Waals surface area contributed by atoms with Crippen LogP contribution in [-0.2, 0) is 9.59 Å². The summed E-state index contributed by atoms with van der Waals surface area (Å²) in [5.74, 6) is -4.21. The fraction of sp³-hybridized carbons (Fsp3) is 0.207. The second kappa shape index (κ2) is 11.4. The summed E-state index contributed by atoms with van der Waals surface area (Å²) >= 11 is 13.5. The molecule has 0 saturated carbocycles. The lowest BCUT2D eigenvalue weighted by atomic mass is 9.78. The quantitative estimate of drug-likeness (QED) is 0.114. The Morgan fingerprint density at radius 2 is 1.80 bits per heavy atom. The van der Waals surface area contributed by atoms with Gasteiger partial charge in [-0.05, 0) is 66.2 Å². The Bertz CT molecular complexity index is 1540. The number of fused-ring (bicyclic) bond motifs is 1. The topological polar surface area (TPSA) is 101 Å². The summed E-state index contributed by atoms with van der Waals surface area (Å²) in [7, 11) is 0. The number of carbonyl (C=O) groups excluding carboxylic acids is 5. The number of imide groups is 1. The normalized spacial score (nSPS) is 19.9. The summed E-state index contributed by atoms with van der Waals surface area (Å²) < 4.78 is 5.33. The predicted molar refractivity (Wildman–Crippen MR) is 149 cm³/mol. The lowest BCUT2D eigenvalue weighted by Crippen LogP contribution is -2.52. The average Bonchev–Trinajstić information content (AvgIpc) is 3.55. The Balaban J connectivity index is 1.42. The highest BCUT2D eigenvalue weighted by molar-refractivity contribution is 7.12. The van der Waals surface area contributed by atoms with E-state index < -0.39 is 47.9 Å². The zero-order chi connectivity index (χ0) is 28.6. The van der Waals surface area contributed by atoms with Crippen LogP contribution in [0.15, 0.2) is 72.1 Å². The van der Waals surface area contributed by atoms with Crippen LogP contribution in [0.3, 0.4) is 0 Å². The Hall–Kier alpha value is -3.79. The second-order valence-corrected chi connectivity index (χ2v) is 11.2. The van der Waals surface area contributed by atoms with Gasteiger partial charge in [0.05, 0.1) is 22.4 Å². The molecule has 40 heavy (non-hydrogen) atoms. The molecule has 3 atom stereocenters. The van der Waals surface area contributed by atoms with Crippen LogP contribution in [0.1, 0.15) is 43.7 Å². The summed E-state index contributed by atoms with van der Waals surface area (Å²) in [5, 5.41) is 3.71. The molecule has 204 valence electrons. The number of amides is 3. The van der Waals surface area contributed by atoms with Crippen LogP contribution in [0.2, 0.25) is 10.0 Å². The minimum absolute atomic E-state index is 0.0124. The Morgan fingerprint density at radius 1 is 1.05 bits per heavy atom. The van der Waals surface area contributed by atoms with Crippen molar-refractivity contribution in [3.63, 3.8) is 0 Å². The van der Waals surface area contributed by atoms with Crippen molar-refractivity contribution in [3.8, 4) is 5.75 Å². The summed E-state index contributed by atoms with van der Waals surface area (Å²) in [4.78, 5) is 66.7. The van der Waals surface area contributed by atoms with Crippen molar-refractivity contribution in [1.82, 2.24) is 10.0 Å². The number of hydrogen-bond acceptors (Lipinski definition) is 7. The molecule has 2 aromatic carbocycles. The number of nitrogens with zero attached hydrogens (tertiary/aromatic N) is 2. The van der Waals surface area contributed by atoms with E-state index in [1.165, 1.54) is 53.8 Å². The summed E-state index contributed by atoms with van der Waals surface area (Å²) in [6, 6.07) is 13.4. The molecule has 5 rings (SSSR count). The molecule has 0 bridgehead atoms. The van der Waals surface area contributed by atoms with Crippen LogP contribution in [0.4, 0.5) is 0 Å². The van der Waals surface area contributed by atoms with Gasteiger partial charge >= 0.3 is 5.97 Å². The highest BCUT2D eigenvalue weighted by atomic mass is 35.5. The fourth-order valence-electron chi connectivity index (χ4n) is 4.89. The Morgan fingerprint density at radius 3 is 2.45 bits per heavy atom. The third-order valence-electron chi connectivity index (χ3n) is 6.89. The molecule has 1 aliphatic heterocycles. The zero-order valence-electron chi connectivity index (χ0n) is 21.1. The van der Waals surface area contributed by atoms with Crippen LogP contribution < -0.4 is 4.74 Å². The SMILES string of the molecule is C[C@@H]1C=CC[C@H]2C(=O)N(N(CC(=O)c3ccc(OC(=O)c4cccs4)cc3)C(=O)c3ccc(Cl)cc3Cl)C(=O)[C@H]12. The number of Topliss-reactive ketones (excluding diaryl/α,β-unsaturated/α-hetero) is 1. The zero-order valence-corrected chi connectivity index (χ0v) is 23.4. The fourth-order valence-corrected chi connectivity index (χ4v) is 5.98. The molecule has 1 aliphatic carbocycles. The molecule has 0 spiro atoms. The van der Waals surface area contributed by atoms with Gasteiger partial charge in [0.1, 0.15) is 17.2 Å². The van der Waals surface area contributed by atoms with Gasteiger partial charge in [-0.15, -0.1) is 11.3 Å².